The van der Waals surface area contributed by atoms with Gasteiger partial charge in [0.15, 0.2) is 0 Å². The Bertz CT molecular complexity index is 1310. The summed E-state index contributed by atoms with van der Waals surface area (Å²) < 4.78 is 10.9. The lowest BCUT2D eigenvalue weighted by Crippen LogP contribution is -2.33. The first-order valence-corrected chi connectivity index (χ1v) is 12.3. The molecule has 1 amide bonds. The van der Waals surface area contributed by atoms with E-state index in [9.17, 15) is 14.7 Å². The number of piperidine rings is 1. The summed E-state index contributed by atoms with van der Waals surface area (Å²) in [6.07, 6.45) is 3.75. The van der Waals surface area contributed by atoms with Crippen molar-refractivity contribution < 1.29 is 23.8 Å². The van der Waals surface area contributed by atoms with Gasteiger partial charge in [0.2, 0.25) is 0 Å². The number of anilines is 2. The first-order valence-electron chi connectivity index (χ1n) is 11.9. The van der Waals surface area contributed by atoms with Crippen LogP contribution in [0.4, 0.5) is 11.4 Å². The van der Waals surface area contributed by atoms with Crippen LogP contribution in [0.5, 0.6) is 5.75 Å². The molecule has 3 aromatic rings. The molecule has 1 atom stereocenters. The molecule has 0 bridgehead atoms. The molecule has 3 heterocycles. The minimum atomic E-state index is -0.955. The number of hydrogen-bond donors (Lipinski definition) is 1. The molecule has 1 N–H and O–H groups in total. The van der Waals surface area contributed by atoms with Crippen molar-refractivity contribution in [3.63, 3.8) is 0 Å². The third-order valence-electron chi connectivity index (χ3n) is 6.96. The molecule has 186 valence electrons. The van der Waals surface area contributed by atoms with Crippen molar-refractivity contribution in [2.45, 2.75) is 25.8 Å². The number of aliphatic hydroxyl groups is 1. The van der Waals surface area contributed by atoms with E-state index in [4.69, 9.17) is 20.8 Å². The fourth-order valence-corrected chi connectivity index (χ4v) is 5.07. The Kier molecular flexibility index (Phi) is 6.49. The molecule has 2 aliphatic heterocycles. The van der Waals surface area contributed by atoms with Crippen LogP contribution in [0, 0.1) is 5.92 Å². The Morgan fingerprint density at radius 2 is 1.75 bits per heavy atom. The predicted octanol–water partition coefficient (Wildman–Crippen LogP) is 5.80. The average Bonchev–Trinajstić information content (AvgIpc) is 3.51. The number of rotatable bonds is 5. The normalized spacial score (nSPS) is 20.2. The Morgan fingerprint density at radius 3 is 2.39 bits per heavy atom. The van der Waals surface area contributed by atoms with Crippen molar-refractivity contribution in [3.8, 4) is 5.75 Å². The average molecular weight is 507 g/mol. The van der Waals surface area contributed by atoms with Gasteiger partial charge in [0.1, 0.15) is 23.3 Å². The van der Waals surface area contributed by atoms with Gasteiger partial charge in [-0.15, -0.1) is 0 Å². The second kappa shape index (κ2) is 9.74. The molecule has 2 fully saturated rings. The molecule has 5 rings (SSSR count). The molecule has 0 saturated carbocycles. The van der Waals surface area contributed by atoms with E-state index >= 15 is 0 Å². The van der Waals surface area contributed by atoms with Crippen LogP contribution in [0.2, 0.25) is 5.02 Å². The number of halogens is 1. The Morgan fingerprint density at radius 1 is 1.06 bits per heavy atom. The van der Waals surface area contributed by atoms with Crippen LogP contribution in [-0.4, -0.2) is 37.0 Å². The van der Waals surface area contributed by atoms with E-state index in [1.165, 1.54) is 24.3 Å². The number of benzene rings is 2. The highest BCUT2D eigenvalue weighted by Crippen LogP contribution is 2.43. The van der Waals surface area contributed by atoms with Crippen LogP contribution in [0.15, 0.2) is 70.9 Å². The standard InChI is InChI=1S/C28H27ClN2O5/c1-17-11-13-30(14-12-17)18-5-7-19(8-6-18)31-25(23-4-3-15-36-23)24(27(33)28(31)34)26(32)21-16-20(35-2)9-10-22(21)29/h3-10,15-17,25,32H,11-14H2,1-2H3/b26-24-. The molecule has 8 heteroatoms. The Labute approximate surface area is 214 Å². The largest absolute Gasteiger partial charge is 0.507 e. The van der Waals surface area contributed by atoms with Crippen molar-refractivity contribution in [1.82, 2.24) is 0 Å². The third-order valence-corrected chi connectivity index (χ3v) is 7.29. The summed E-state index contributed by atoms with van der Waals surface area (Å²) in [5.41, 5.74) is 1.70. The molecule has 36 heavy (non-hydrogen) atoms. The third kappa shape index (κ3) is 4.24. The number of hydrogen-bond acceptors (Lipinski definition) is 6. The lowest BCUT2D eigenvalue weighted by atomic mass is 9.98. The minimum absolute atomic E-state index is 0.0980. The zero-order chi connectivity index (χ0) is 25.4. The molecule has 1 aromatic heterocycles. The fraction of sp³-hybridized carbons (Fsp3) is 0.286. The lowest BCUT2D eigenvalue weighted by Gasteiger charge is -2.32. The van der Waals surface area contributed by atoms with Gasteiger partial charge in [0, 0.05) is 30.0 Å². The second-order valence-corrected chi connectivity index (χ2v) is 9.62. The van der Waals surface area contributed by atoms with Crippen LogP contribution in [0.3, 0.4) is 0 Å². The number of furan rings is 1. The van der Waals surface area contributed by atoms with Gasteiger partial charge in [0.05, 0.1) is 24.0 Å². The molecule has 2 aromatic carbocycles. The van der Waals surface area contributed by atoms with Gasteiger partial charge in [0.25, 0.3) is 11.7 Å². The number of carbonyl (C=O) groups is 2. The van der Waals surface area contributed by atoms with E-state index in [2.05, 4.69) is 11.8 Å². The number of Topliss-reactive ketones (excluding diaryl/α,β-unsaturated/α-hetero) is 1. The first-order chi connectivity index (χ1) is 17.4. The summed E-state index contributed by atoms with van der Waals surface area (Å²) in [4.78, 5) is 30.3. The molecule has 2 aliphatic rings. The van der Waals surface area contributed by atoms with E-state index in [1.54, 1.807) is 24.3 Å². The van der Waals surface area contributed by atoms with Gasteiger partial charge in [-0.05, 0) is 73.4 Å². The molecule has 0 radical (unpaired) electrons. The quantitative estimate of drug-likeness (QED) is 0.267. The summed E-state index contributed by atoms with van der Waals surface area (Å²) in [7, 11) is 1.49. The molecule has 1 unspecified atom stereocenters. The van der Waals surface area contributed by atoms with Crippen molar-refractivity contribution in [1.29, 1.82) is 0 Å². The highest BCUT2D eigenvalue weighted by molar-refractivity contribution is 6.52. The summed E-state index contributed by atoms with van der Waals surface area (Å²) in [6, 6.07) is 14.7. The van der Waals surface area contributed by atoms with Gasteiger partial charge < -0.3 is 19.2 Å². The summed E-state index contributed by atoms with van der Waals surface area (Å²) in [5, 5.41) is 11.5. The fourth-order valence-electron chi connectivity index (χ4n) is 4.86. The lowest BCUT2D eigenvalue weighted by molar-refractivity contribution is -0.132. The number of aliphatic hydroxyl groups excluding tert-OH is 1. The monoisotopic (exact) mass is 506 g/mol. The van der Waals surface area contributed by atoms with Crippen molar-refractivity contribution >= 4 is 40.4 Å². The number of ether oxygens (including phenoxy) is 1. The summed E-state index contributed by atoms with van der Waals surface area (Å²) in [5.74, 6) is -0.436. The van der Waals surface area contributed by atoms with Gasteiger partial charge in [-0.1, -0.05) is 18.5 Å². The Balaban J connectivity index is 1.57. The highest BCUT2D eigenvalue weighted by atomic mass is 35.5. The van der Waals surface area contributed by atoms with Gasteiger partial charge in [-0.25, -0.2) is 0 Å². The van der Waals surface area contributed by atoms with Crippen LogP contribution in [0.25, 0.3) is 5.76 Å². The maximum absolute atomic E-state index is 13.3. The number of nitrogens with zero attached hydrogens (tertiary/aromatic N) is 2. The van der Waals surface area contributed by atoms with Gasteiger partial charge in [-0.2, -0.15) is 0 Å². The first kappa shape index (κ1) is 24.0. The van der Waals surface area contributed by atoms with E-state index in [-0.39, 0.29) is 21.9 Å². The molecular formula is C28H27ClN2O5. The maximum Gasteiger partial charge on any atom is 0.300 e. The molecule has 0 aliphatic carbocycles. The summed E-state index contributed by atoms with van der Waals surface area (Å²) in [6.45, 7) is 4.24. The topological polar surface area (TPSA) is 83.2 Å². The van der Waals surface area contributed by atoms with Crippen molar-refractivity contribution in [2.24, 2.45) is 5.92 Å². The van der Waals surface area contributed by atoms with Gasteiger partial charge in [-0.3, -0.25) is 14.5 Å². The van der Waals surface area contributed by atoms with E-state index < -0.39 is 17.7 Å². The van der Waals surface area contributed by atoms with Crippen LogP contribution >= 0.6 is 11.6 Å². The molecule has 7 nitrogen and oxygen atoms in total. The minimum Gasteiger partial charge on any atom is -0.507 e. The van der Waals surface area contributed by atoms with Crippen LogP contribution < -0.4 is 14.5 Å². The maximum atomic E-state index is 13.3. The van der Waals surface area contributed by atoms with Gasteiger partial charge >= 0.3 is 0 Å². The highest BCUT2D eigenvalue weighted by Gasteiger charge is 2.48. The van der Waals surface area contributed by atoms with Crippen molar-refractivity contribution in [3.05, 3.63) is 82.8 Å². The molecular weight excluding hydrogens is 480 g/mol. The van der Waals surface area contributed by atoms with Crippen LogP contribution in [0.1, 0.15) is 37.1 Å². The van der Waals surface area contributed by atoms with E-state index in [1.807, 2.05) is 24.3 Å². The predicted molar refractivity (Wildman–Crippen MR) is 139 cm³/mol. The Hall–Kier alpha value is -3.71. The number of carbonyl (C=O) groups excluding carboxylic acids is 2. The van der Waals surface area contributed by atoms with Crippen LogP contribution in [-0.2, 0) is 9.59 Å². The van der Waals surface area contributed by atoms with E-state index in [0.29, 0.717) is 17.2 Å². The number of methoxy groups -OCH3 is 1. The number of ketones is 1. The SMILES string of the molecule is COc1ccc(Cl)c(/C(O)=C2/C(=O)C(=O)N(c3ccc(N4CCC(C)CC4)cc3)C2c2ccco2)c1. The number of amides is 1. The summed E-state index contributed by atoms with van der Waals surface area (Å²) >= 11 is 6.35. The zero-order valence-corrected chi connectivity index (χ0v) is 20.9. The molecule has 2 saturated heterocycles. The smallest absolute Gasteiger partial charge is 0.300 e. The second-order valence-electron chi connectivity index (χ2n) is 9.22. The molecule has 0 spiro atoms. The van der Waals surface area contributed by atoms with E-state index in [0.717, 1.165) is 37.5 Å². The van der Waals surface area contributed by atoms with Crippen molar-refractivity contribution in [2.75, 3.05) is 30.0 Å². The zero-order valence-electron chi connectivity index (χ0n) is 20.1.